The summed E-state index contributed by atoms with van der Waals surface area (Å²) in [4.78, 5) is 11.7. The molecule has 4 nitrogen and oxygen atoms in total. The third kappa shape index (κ3) is 2.67. The topological polar surface area (TPSA) is 46.9 Å². The Morgan fingerprint density at radius 3 is 2.93 bits per heavy atom. The number of aryl methyl sites for hydroxylation is 1. The van der Waals surface area contributed by atoms with Crippen molar-refractivity contribution in [3.05, 3.63) is 18.0 Å². The van der Waals surface area contributed by atoms with Gasteiger partial charge in [-0.25, -0.2) is 0 Å². The molecule has 1 N–H and O–H groups in total. The summed E-state index contributed by atoms with van der Waals surface area (Å²) in [5.74, 6) is 0.0954. The van der Waals surface area contributed by atoms with Crippen LogP contribution >= 0.6 is 0 Å². The number of ketones is 1. The molecular weight excluding hydrogens is 178 g/mol. The molecule has 1 rings (SSSR count). The van der Waals surface area contributed by atoms with E-state index in [1.807, 2.05) is 20.8 Å². The summed E-state index contributed by atoms with van der Waals surface area (Å²) >= 11 is 0. The first kappa shape index (κ1) is 10.9. The summed E-state index contributed by atoms with van der Waals surface area (Å²) in [6.07, 6.45) is 1.66. The van der Waals surface area contributed by atoms with Gasteiger partial charge in [-0.15, -0.1) is 0 Å². The van der Waals surface area contributed by atoms with E-state index < -0.39 is 0 Å². The maximum Gasteiger partial charge on any atom is 0.194 e. The minimum absolute atomic E-state index is 0.0954. The van der Waals surface area contributed by atoms with Crippen molar-refractivity contribution in [1.82, 2.24) is 15.1 Å². The predicted octanol–water partition coefficient (Wildman–Crippen LogP) is 1.08. The van der Waals surface area contributed by atoms with Crippen molar-refractivity contribution in [2.75, 3.05) is 6.54 Å². The molecule has 0 amide bonds. The molecule has 4 heteroatoms. The van der Waals surface area contributed by atoms with E-state index >= 15 is 0 Å². The van der Waals surface area contributed by atoms with E-state index in [-0.39, 0.29) is 5.78 Å². The number of carbonyl (C=O) groups is 1. The van der Waals surface area contributed by atoms with Gasteiger partial charge < -0.3 is 5.32 Å². The number of nitrogens with one attached hydrogen (secondary N) is 1. The number of aromatic nitrogens is 2. The Balaban J connectivity index is 2.60. The lowest BCUT2D eigenvalue weighted by Crippen LogP contribution is -2.30. The van der Waals surface area contributed by atoms with Crippen LogP contribution in [0.3, 0.4) is 0 Å². The van der Waals surface area contributed by atoms with E-state index in [4.69, 9.17) is 0 Å². The van der Waals surface area contributed by atoms with Crippen LogP contribution in [-0.2, 0) is 6.54 Å². The van der Waals surface area contributed by atoms with Crippen molar-refractivity contribution in [2.45, 2.75) is 33.4 Å². The summed E-state index contributed by atoms with van der Waals surface area (Å²) in [7, 11) is 0. The molecule has 1 heterocycles. The Hall–Kier alpha value is -1.16. The summed E-state index contributed by atoms with van der Waals surface area (Å²) in [6, 6.07) is 2.09. The van der Waals surface area contributed by atoms with E-state index in [0.29, 0.717) is 18.3 Å². The number of nitrogens with zero attached hydrogens (tertiary/aromatic N) is 2. The van der Waals surface area contributed by atoms with Crippen molar-refractivity contribution < 1.29 is 4.79 Å². The van der Waals surface area contributed by atoms with E-state index in [2.05, 4.69) is 10.4 Å². The second-order valence-corrected chi connectivity index (χ2v) is 3.49. The van der Waals surface area contributed by atoms with Gasteiger partial charge in [-0.05, 0) is 13.0 Å². The first-order chi connectivity index (χ1) is 6.65. The highest BCUT2D eigenvalue weighted by atomic mass is 16.1. The van der Waals surface area contributed by atoms with E-state index in [1.54, 1.807) is 16.9 Å². The van der Waals surface area contributed by atoms with Gasteiger partial charge in [-0.2, -0.15) is 5.10 Å². The molecule has 0 aliphatic heterocycles. The molecule has 0 radical (unpaired) electrons. The highest BCUT2D eigenvalue weighted by Gasteiger charge is 2.10. The van der Waals surface area contributed by atoms with Crippen LogP contribution < -0.4 is 5.32 Å². The van der Waals surface area contributed by atoms with Crippen molar-refractivity contribution in [1.29, 1.82) is 0 Å². The lowest BCUT2D eigenvalue weighted by atomic mass is 10.2. The zero-order valence-electron chi connectivity index (χ0n) is 8.95. The number of rotatable bonds is 5. The number of hydrogen-bond donors (Lipinski definition) is 1. The van der Waals surface area contributed by atoms with Gasteiger partial charge in [0.2, 0.25) is 0 Å². The van der Waals surface area contributed by atoms with Crippen LogP contribution in [0.1, 0.15) is 31.3 Å². The SMILES string of the molecule is CCn1nccc1C(=O)CNC(C)C. The fraction of sp³-hybridized carbons (Fsp3) is 0.600. The monoisotopic (exact) mass is 195 g/mol. The fourth-order valence-electron chi connectivity index (χ4n) is 1.21. The van der Waals surface area contributed by atoms with Gasteiger partial charge in [0.05, 0.1) is 6.54 Å². The van der Waals surface area contributed by atoms with Crippen LogP contribution in [0, 0.1) is 0 Å². The molecular formula is C10H17N3O. The molecule has 0 atom stereocenters. The van der Waals surface area contributed by atoms with Crippen molar-refractivity contribution in [3.63, 3.8) is 0 Å². The normalized spacial score (nSPS) is 10.9. The molecule has 78 valence electrons. The third-order valence-corrected chi connectivity index (χ3v) is 1.97. The maximum atomic E-state index is 11.7. The second-order valence-electron chi connectivity index (χ2n) is 3.49. The van der Waals surface area contributed by atoms with E-state index in [9.17, 15) is 4.79 Å². The Morgan fingerprint density at radius 1 is 1.64 bits per heavy atom. The molecule has 0 bridgehead atoms. The van der Waals surface area contributed by atoms with Gasteiger partial charge >= 0.3 is 0 Å². The van der Waals surface area contributed by atoms with Crippen LogP contribution in [0.2, 0.25) is 0 Å². The average molecular weight is 195 g/mol. The fourth-order valence-corrected chi connectivity index (χ4v) is 1.21. The van der Waals surface area contributed by atoms with Gasteiger partial charge in [-0.1, -0.05) is 13.8 Å². The summed E-state index contributed by atoms with van der Waals surface area (Å²) in [5.41, 5.74) is 0.681. The summed E-state index contributed by atoms with van der Waals surface area (Å²) in [6.45, 7) is 7.12. The molecule has 0 aliphatic carbocycles. The lowest BCUT2D eigenvalue weighted by molar-refractivity contribution is 0.0978. The first-order valence-corrected chi connectivity index (χ1v) is 4.93. The average Bonchev–Trinajstić information content (AvgIpc) is 2.61. The molecule has 0 aliphatic rings. The van der Waals surface area contributed by atoms with Gasteiger partial charge in [0.25, 0.3) is 0 Å². The van der Waals surface area contributed by atoms with Crippen molar-refractivity contribution >= 4 is 5.78 Å². The zero-order chi connectivity index (χ0) is 10.6. The van der Waals surface area contributed by atoms with Crippen LogP contribution in [0.25, 0.3) is 0 Å². The molecule has 0 spiro atoms. The summed E-state index contributed by atoms with van der Waals surface area (Å²) < 4.78 is 1.71. The smallest absolute Gasteiger partial charge is 0.194 e. The molecule has 0 fully saturated rings. The zero-order valence-corrected chi connectivity index (χ0v) is 8.95. The second kappa shape index (κ2) is 4.91. The Morgan fingerprint density at radius 2 is 2.36 bits per heavy atom. The van der Waals surface area contributed by atoms with E-state index in [0.717, 1.165) is 6.54 Å². The quantitative estimate of drug-likeness (QED) is 0.715. The number of hydrogen-bond acceptors (Lipinski definition) is 3. The maximum absolute atomic E-state index is 11.7. The molecule has 1 aromatic heterocycles. The predicted molar refractivity (Wildman–Crippen MR) is 55.4 cm³/mol. The van der Waals surface area contributed by atoms with Gasteiger partial charge in [0.1, 0.15) is 5.69 Å². The standard InChI is InChI=1S/C10H17N3O/c1-4-13-9(5-6-12-13)10(14)7-11-8(2)3/h5-6,8,11H,4,7H2,1-3H3. The van der Waals surface area contributed by atoms with E-state index in [1.165, 1.54) is 0 Å². The van der Waals surface area contributed by atoms with Crippen LogP contribution in [0.4, 0.5) is 0 Å². The molecule has 1 aromatic rings. The Labute approximate surface area is 84.3 Å². The van der Waals surface area contributed by atoms with Gasteiger partial charge in [0.15, 0.2) is 5.78 Å². The molecule has 0 aromatic carbocycles. The Bertz CT molecular complexity index is 304. The highest BCUT2D eigenvalue weighted by molar-refractivity contribution is 5.96. The lowest BCUT2D eigenvalue weighted by Gasteiger charge is -2.07. The van der Waals surface area contributed by atoms with Crippen molar-refractivity contribution in [2.24, 2.45) is 0 Å². The molecule has 0 saturated heterocycles. The largest absolute Gasteiger partial charge is 0.307 e. The molecule has 0 saturated carbocycles. The first-order valence-electron chi connectivity index (χ1n) is 4.93. The number of Topliss-reactive ketones (excluding diaryl/α,β-unsaturated/α-hetero) is 1. The van der Waals surface area contributed by atoms with Gasteiger partial charge in [-0.3, -0.25) is 9.48 Å². The number of carbonyl (C=O) groups excluding carboxylic acids is 1. The summed E-state index contributed by atoms with van der Waals surface area (Å²) in [5, 5.41) is 7.15. The minimum Gasteiger partial charge on any atom is -0.307 e. The highest BCUT2D eigenvalue weighted by Crippen LogP contribution is 1.99. The van der Waals surface area contributed by atoms with Crippen LogP contribution in [0.5, 0.6) is 0 Å². The van der Waals surface area contributed by atoms with Gasteiger partial charge in [0, 0.05) is 18.8 Å². The molecule has 0 unspecified atom stereocenters. The molecule has 14 heavy (non-hydrogen) atoms. The van der Waals surface area contributed by atoms with Crippen molar-refractivity contribution in [3.8, 4) is 0 Å². The Kier molecular flexibility index (Phi) is 3.83. The van der Waals surface area contributed by atoms with Crippen LogP contribution in [-0.4, -0.2) is 28.2 Å². The third-order valence-electron chi connectivity index (χ3n) is 1.97. The van der Waals surface area contributed by atoms with Crippen LogP contribution in [0.15, 0.2) is 12.3 Å². The minimum atomic E-state index is 0.0954.